The van der Waals surface area contributed by atoms with Gasteiger partial charge in [0.15, 0.2) is 22.9 Å². The fourth-order valence-corrected chi connectivity index (χ4v) is 8.09. The molecule has 0 saturated heterocycles. The topological polar surface area (TPSA) is 359 Å². The summed E-state index contributed by atoms with van der Waals surface area (Å²) in [5.41, 5.74) is 17.6. The van der Waals surface area contributed by atoms with Gasteiger partial charge in [-0.2, -0.15) is 0 Å². The molecular weight excluding hydrogens is 957 g/mol. The predicted octanol–water partition coefficient (Wildman–Crippen LogP) is 7.96. The van der Waals surface area contributed by atoms with Gasteiger partial charge in [0, 0.05) is 13.1 Å². The van der Waals surface area contributed by atoms with Crippen LogP contribution in [0.25, 0.3) is 34.0 Å². The zero-order valence-corrected chi connectivity index (χ0v) is 40.3. The zero-order valence-electron chi connectivity index (χ0n) is 40.3. The van der Waals surface area contributed by atoms with Gasteiger partial charge in [0.1, 0.15) is 22.9 Å². The van der Waals surface area contributed by atoms with Crippen molar-refractivity contribution in [2.75, 3.05) is 26.3 Å². The van der Waals surface area contributed by atoms with Crippen molar-refractivity contribution in [1.29, 1.82) is 0 Å². The lowest BCUT2D eigenvalue weighted by Gasteiger charge is -2.05. The molecular formula is C52H54N10O12. The maximum Gasteiger partial charge on any atom is 0.371 e. The van der Waals surface area contributed by atoms with Crippen molar-refractivity contribution < 1.29 is 49.1 Å². The lowest BCUT2D eigenvalue weighted by Crippen LogP contribution is -2.14. The molecule has 0 bridgehead atoms. The SMILES string of the molecule is Cc1[nH]n(-c2ccc3c(c2)CCC3)c(=O)c1N=Nc1cccc(-c2ccc(C(=O)O)o2)c1O.Cc1[nH]n(-c2ccc3c(c2)CCC3)c(=O)c1N=Nc1cccc(-c2ccc(C(=O)O)o2)c1O.NCCO.NCCO. The predicted molar refractivity (Wildman–Crippen MR) is 272 cm³/mol. The number of aromatic nitrogens is 4. The Kier molecular flexibility index (Phi) is 17.1. The molecule has 0 unspecified atom stereocenters. The van der Waals surface area contributed by atoms with Crippen LogP contribution in [0.5, 0.6) is 11.5 Å². The molecule has 10 rings (SSSR count). The van der Waals surface area contributed by atoms with Gasteiger partial charge in [0.2, 0.25) is 11.5 Å². The molecule has 22 nitrogen and oxygen atoms in total. The van der Waals surface area contributed by atoms with Crippen molar-refractivity contribution in [1.82, 2.24) is 19.6 Å². The average Bonchev–Trinajstić information content (AvgIpc) is 4.28. The molecule has 0 atom stereocenters. The summed E-state index contributed by atoms with van der Waals surface area (Å²) < 4.78 is 13.4. The normalized spacial score (nSPS) is 12.4. The first-order valence-electron chi connectivity index (χ1n) is 23.3. The highest BCUT2D eigenvalue weighted by Crippen LogP contribution is 2.40. The highest BCUT2D eigenvalue weighted by molar-refractivity contribution is 5.86. The van der Waals surface area contributed by atoms with E-state index in [1.165, 1.54) is 68.0 Å². The van der Waals surface area contributed by atoms with Gasteiger partial charge in [-0.1, -0.05) is 24.3 Å². The third-order valence-corrected chi connectivity index (χ3v) is 11.7. The van der Waals surface area contributed by atoms with E-state index in [1.807, 2.05) is 24.3 Å². The monoisotopic (exact) mass is 1010 g/mol. The van der Waals surface area contributed by atoms with Gasteiger partial charge in [-0.25, -0.2) is 19.0 Å². The number of nitrogens with zero attached hydrogens (tertiary/aromatic N) is 6. The van der Waals surface area contributed by atoms with E-state index >= 15 is 0 Å². The number of benzene rings is 4. The van der Waals surface area contributed by atoms with Gasteiger partial charge in [0.25, 0.3) is 11.1 Å². The molecule has 8 aromatic rings. The minimum atomic E-state index is -1.21. The number of rotatable bonds is 12. The molecule has 0 aliphatic heterocycles. The highest BCUT2D eigenvalue weighted by Gasteiger charge is 2.21. The van der Waals surface area contributed by atoms with Gasteiger partial charge in [-0.3, -0.25) is 19.8 Å². The lowest BCUT2D eigenvalue weighted by molar-refractivity contribution is 0.0653. The summed E-state index contributed by atoms with van der Waals surface area (Å²) >= 11 is 0. The van der Waals surface area contributed by atoms with Crippen molar-refractivity contribution in [3.8, 4) is 45.5 Å². The maximum atomic E-state index is 13.0. The van der Waals surface area contributed by atoms with Gasteiger partial charge in [-0.15, -0.1) is 20.5 Å². The molecule has 0 saturated carbocycles. The summed E-state index contributed by atoms with van der Waals surface area (Å²) in [6.45, 7) is 4.40. The van der Waals surface area contributed by atoms with E-state index in [0.717, 1.165) is 49.9 Å². The van der Waals surface area contributed by atoms with Gasteiger partial charge >= 0.3 is 11.9 Å². The Hall–Kier alpha value is -8.96. The van der Waals surface area contributed by atoms with E-state index in [2.05, 4.69) is 42.8 Å². The first-order valence-corrected chi connectivity index (χ1v) is 23.3. The average molecular weight is 1010 g/mol. The van der Waals surface area contributed by atoms with Crippen molar-refractivity contribution >= 4 is 34.7 Å². The molecule has 12 N–H and O–H groups in total. The number of aromatic amines is 2. The number of hydrogen-bond donors (Lipinski definition) is 10. The van der Waals surface area contributed by atoms with Crippen LogP contribution >= 0.6 is 0 Å². The van der Waals surface area contributed by atoms with Crippen LogP contribution in [0.1, 0.15) is 67.6 Å². The number of hydrogen-bond acceptors (Lipinski definition) is 16. The Labute approximate surface area is 421 Å². The lowest BCUT2D eigenvalue weighted by atomic mass is 10.1. The zero-order chi connectivity index (χ0) is 53.1. The first kappa shape index (κ1) is 52.9. The number of phenols is 2. The summed E-state index contributed by atoms with van der Waals surface area (Å²) in [5, 5.41) is 77.3. The number of carboxylic acids is 2. The van der Waals surface area contributed by atoms with Crippen molar-refractivity contribution in [2.24, 2.45) is 31.9 Å². The van der Waals surface area contributed by atoms with E-state index in [0.29, 0.717) is 24.5 Å². The Morgan fingerprint density at radius 2 is 0.946 bits per heavy atom. The minimum Gasteiger partial charge on any atom is -0.505 e. The number of para-hydroxylation sites is 2. The number of aromatic hydroxyl groups is 2. The summed E-state index contributed by atoms with van der Waals surface area (Å²) in [6.07, 6.45) is 6.37. The van der Waals surface area contributed by atoms with E-state index in [4.69, 9.17) is 40.7 Å². The molecule has 0 fully saturated rings. The molecule has 4 aromatic heterocycles. The first-order chi connectivity index (χ1) is 35.7. The molecule has 22 heteroatoms. The molecule has 0 spiro atoms. The number of carboxylic acid groups (broad SMARTS) is 2. The largest absolute Gasteiger partial charge is 0.505 e. The fraction of sp³-hybridized carbons (Fsp3) is 0.231. The van der Waals surface area contributed by atoms with Crippen LogP contribution in [0.15, 0.2) is 136 Å². The Morgan fingerprint density at radius 3 is 1.30 bits per heavy atom. The number of nitrogens with two attached hydrogens (primary N) is 2. The number of aliphatic hydroxyl groups is 2. The van der Waals surface area contributed by atoms with E-state index in [-0.39, 0.29) is 92.7 Å². The number of aliphatic hydroxyl groups excluding tert-OH is 2. The third kappa shape index (κ3) is 11.9. The van der Waals surface area contributed by atoms with Gasteiger partial charge in [0.05, 0.1) is 47.1 Å². The van der Waals surface area contributed by atoms with E-state index < -0.39 is 11.9 Å². The Bertz CT molecular complexity index is 3250. The Balaban J connectivity index is 0.000000189. The van der Waals surface area contributed by atoms with Crippen molar-refractivity contribution in [2.45, 2.75) is 52.4 Å². The molecule has 0 radical (unpaired) electrons. The van der Waals surface area contributed by atoms with Crippen molar-refractivity contribution in [3.63, 3.8) is 0 Å². The molecule has 2 aliphatic carbocycles. The second-order valence-corrected chi connectivity index (χ2v) is 16.8. The van der Waals surface area contributed by atoms with Crippen LogP contribution in [-0.2, 0) is 25.7 Å². The number of furan rings is 2. The van der Waals surface area contributed by atoms with E-state index in [1.54, 1.807) is 38.1 Å². The molecule has 2 aliphatic rings. The molecule has 384 valence electrons. The number of fused-ring (bicyclic) bond motifs is 2. The molecule has 4 heterocycles. The number of azo groups is 2. The number of nitrogens with one attached hydrogen (secondary N) is 2. The number of phenolic OH excluding ortho intramolecular Hbond substituents is 2. The van der Waals surface area contributed by atoms with Gasteiger partial charge < -0.3 is 50.9 Å². The van der Waals surface area contributed by atoms with Crippen molar-refractivity contribution in [3.05, 3.63) is 163 Å². The summed E-state index contributed by atoms with van der Waals surface area (Å²) in [7, 11) is 0. The van der Waals surface area contributed by atoms with Crippen LogP contribution in [-0.4, -0.2) is 88.4 Å². The minimum absolute atomic E-state index is 0.0972. The highest BCUT2D eigenvalue weighted by atomic mass is 16.4. The summed E-state index contributed by atoms with van der Waals surface area (Å²) in [4.78, 5) is 48.1. The van der Waals surface area contributed by atoms with Gasteiger partial charge in [-0.05, 0) is 147 Å². The quantitative estimate of drug-likeness (QED) is 0.0519. The second-order valence-electron chi connectivity index (χ2n) is 16.8. The van der Waals surface area contributed by atoms with Crippen LogP contribution in [0.2, 0.25) is 0 Å². The van der Waals surface area contributed by atoms with Crippen LogP contribution in [0, 0.1) is 13.8 Å². The molecule has 4 aromatic carbocycles. The molecule has 74 heavy (non-hydrogen) atoms. The number of H-pyrrole nitrogens is 2. The summed E-state index contributed by atoms with van der Waals surface area (Å²) in [5.74, 6) is -3.02. The summed E-state index contributed by atoms with van der Waals surface area (Å²) in [6, 6.07) is 26.9. The van der Waals surface area contributed by atoms with Crippen LogP contribution in [0.3, 0.4) is 0 Å². The maximum absolute atomic E-state index is 13.0. The number of aryl methyl sites for hydroxylation is 6. The van der Waals surface area contributed by atoms with E-state index in [9.17, 15) is 29.4 Å². The smallest absolute Gasteiger partial charge is 0.371 e. The van der Waals surface area contributed by atoms with Crippen LogP contribution in [0.4, 0.5) is 22.7 Å². The second kappa shape index (κ2) is 24.0. The number of carbonyl (C=O) groups is 2. The van der Waals surface area contributed by atoms with Crippen LogP contribution < -0.4 is 22.6 Å². The fourth-order valence-electron chi connectivity index (χ4n) is 8.09. The Morgan fingerprint density at radius 1 is 0.568 bits per heavy atom. The molecule has 0 amide bonds. The number of aromatic carboxylic acids is 2. The standard InChI is InChI=1S/2C24H20N4O5.2C2H7NO/c2*1-13-21(23(30)28(27-13)16-9-8-14-4-2-5-15(14)12-16)26-25-18-7-3-6-17(22(18)29)19-10-11-20(33-19)24(31)32;2*3-1-2-4/h2*3,6-12,27,29H,2,4-5H2,1H3,(H,31,32);2*4H,1-3H2. The third-order valence-electron chi connectivity index (χ3n) is 11.7.